The van der Waals surface area contributed by atoms with Gasteiger partial charge < -0.3 is 14.2 Å². The number of nitrogens with zero attached hydrogens (tertiary/aromatic N) is 3. The van der Waals surface area contributed by atoms with E-state index >= 15 is 0 Å². The van der Waals surface area contributed by atoms with Crippen LogP contribution in [0, 0.1) is 0 Å². The Bertz CT molecular complexity index is 912. The van der Waals surface area contributed by atoms with Crippen LogP contribution in [0.2, 0.25) is 5.02 Å². The lowest BCUT2D eigenvalue weighted by atomic mass is 10.3. The van der Waals surface area contributed by atoms with E-state index in [0.29, 0.717) is 18.8 Å². The van der Waals surface area contributed by atoms with Crippen LogP contribution in [0.5, 0.6) is 0 Å². The second kappa shape index (κ2) is 6.90. The summed E-state index contributed by atoms with van der Waals surface area (Å²) in [5.41, 5.74) is 0.962. The zero-order chi connectivity index (χ0) is 17.2. The van der Waals surface area contributed by atoms with Crippen molar-refractivity contribution in [3.05, 3.63) is 53.5 Å². The van der Waals surface area contributed by atoms with Crippen molar-refractivity contribution in [3.63, 3.8) is 0 Å². The molecule has 0 unspecified atom stereocenters. The first-order chi connectivity index (χ1) is 12.2. The van der Waals surface area contributed by atoms with Gasteiger partial charge >= 0.3 is 0 Å². The van der Waals surface area contributed by atoms with Crippen molar-refractivity contribution in [1.29, 1.82) is 0 Å². The minimum absolute atomic E-state index is 0.00660. The number of aromatic nitrogens is 1. The molecule has 0 atom stereocenters. The SMILES string of the molecule is O=C(/C=C/c1ccco1)N1CCN(c2nc3ccc(Cl)cc3s2)CC1. The standard InChI is InChI=1S/C18H16ClN3O2S/c19-13-3-5-15-16(12-13)25-18(20-15)22-9-7-21(8-10-22)17(23)6-4-14-2-1-11-24-14/h1-6,11-12H,7-10H2/b6-4+. The van der Waals surface area contributed by atoms with Gasteiger partial charge in [-0.1, -0.05) is 22.9 Å². The lowest BCUT2D eigenvalue weighted by molar-refractivity contribution is -0.126. The molecule has 1 fully saturated rings. The predicted molar refractivity (Wildman–Crippen MR) is 101 cm³/mol. The number of furan rings is 1. The zero-order valence-corrected chi connectivity index (χ0v) is 15.0. The fourth-order valence-corrected chi connectivity index (χ4v) is 4.08. The lowest BCUT2D eigenvalue weighted by Crippen LogP contribution is -2.48. The van der Waals surface area contributed by atoms with Crippen LogP contribution in [0.15, 0.2) is 47.1 Å². The number of rotatable bonds is 3. The number of fused-ring (bicyclic) bond motifs is 1. The van der Waals surface area contributed by atoms with Gasteiger partial charge in [-0.15, -0.1) is 0 Å². The highest BCUT2D eigenvalue weighted by Crippen LogP contribution is 2.31. The summed E-state index contributed by atoms with van der Waals surface area (Å²) in [5.74, 6) is 0.687. The fourth-order valence-electron chi connectivity index (χ4n) is 2.78. The summed E-state index contributed by atoms with van der Waals surface area (Å²) in [6.07, 6.45) is 4.86. The van der Waals surface area contributed by atoms with E-state index in [1.54, 1.807) is 35.8 Å². The summed E-state index contributed by atoms with van der Waals surface area (Å²) < 4.78 is 6.29. The average molecular weight is 374 g/mol. The van der Waals surface area contributed by atoms with Crippen molar-refractivity contribution in [2.75, 3.05) is 31.1 Å². The number of anilines is 1. The maximum absolute atomic E-state index is 12.3. The van der Waals surface area contributed by atoms with Crippen LogP contribution in [0.3, 0.4) is 0 Å². The molecule has 0 N–H and O–H groups in total. The second-order valence-corrected chi connectivity index (χ2v) is 7.22. The van der Waals surface area contributed by atoms with Gasteiger partial charge in [0.15, 0.2) is 5.13 Å². The van der Waals surface area contributed by atoms with Crippen LogP contribution >= 0.6 is 22.9 Å². The summed E-state index contributed by atoms with van der Waals surface area (Å²) >= 11 is 7.68. The number of hydrogen-bond acceptors (Lipinski definition) is 5. The molecule has 0 spiro atoms. The molecule has 4 rings (SSSR count). The molecular weight excluding hydrogens is 358 g/mol. The summed E-state index contributed by atoms with van der Waals surface area (Å²) in [4.78, 5) is 21.0. The van der Waals surface area contributed by atoms with Gasteiger partial charge in [-0.05, 0) is 36.4 Å². The zero-order valence-electron chi connectivity index (χ0n) is 13.4. The molecule has 2 aromatic heterocycles. The maximum atomic E-state index is 12.3. The molecule has 25 heavy (non-hydrogen) atoms. The van der Waals surface area contributed by atoms with E-state index < -0.39 is 0 Å². The van der Waals surface area contributed by atoms with Crippen molar-refractivity contribution in [2.24, 2.45) is 0 Å². The minimum Gasteiger partial charge on any atom is -0.465 e. The molecule has 0 bridgehead atoms. The highest BCUT2D eigenvalue weighted by atomic mass is 35.5. The summed E-state index contributed by atoms with van der Waals surface area (Å²) in [6, 6.07) is 9.36. The van der Waals surface area contributed by atoms with E-state index in [0.717, 1.165) is 33.5 Å². The molecule has 0 radical (unpaired) electrons. The number of carbonyl (C=O) groups excluding carboxylic acids is 1. The van der Waals surface area contributed by atoms with E-state index in [9.17, 15) is 4.79 Å². The van der Waals surface area contributed by atoms with Crippen LogP contribution in [0.25, 0.3) is 16.3 Å². The smallest absolute Gasteiger partial charge is 0.246 e. The Balaban J connectivity index is 1.39. The third kappa shape index (κ3) is 3.55. The van der Waals surface area contributed by atoms with Crippen LogP contribution in [-0.4, -0.2) is 42.0 Å². The quantitative estimate of drug-likeness (QED) is 0.653. The van der Waals surface area contributed by atoms with Gasteiger partial charge in [-0.2, -0.15) is 0 Å². The minimum atomic E-state index is 0.00660. The highest BCUT2D eigenvalue weighted by Gasteiger charge is 2.22. The summed E-state index contributed by atoms with van der Waals surface area (Å²) in [5, 5.41) is 1.71. The lowest BCUT2D eigenvalue weighted by Gasteiger charge is -2.34. The number of hydrogen-bond donors (Lipinski definition) is 0. The monoisotopic (exact) mass is 373 g/mol. The van der Waals surface area contributed by atoms with E-state index in [1.165, 1.54) is 0 Å². The molecule has 7 heteroatoms. The molecule has 0 saturated carbocycles. The van der Waals surface area contributed by atoms with Crippen molar-refractivity contribution >= 4 is 50.3 Å². The van der Waals surface area contributed by atoms with Gasteiger partial charge in [0.1, 0.15) is 5.76 Å². The molecule has 1 aromatic carbocycles. The molecule has 1 amide bonds. The third-order valence-electron chi connectivity index (χ3n) is 4.13. The Hall–Kier alpha value is -2.31. The first-order valence-electron chi connectivity index (χ1n) is 8.00. The average Bonchev–Trinajstić information content (AvgIpc) is 3.29. The predicted octanol–water partition coefficient (Wildman–Crippen LogP) is 3.90. The van der Waals surface area contributed by atoms with Crippen LogP contribution < -0.4 is 4.90 Å². The van der Waals surface area contributed by atoms with E-state index in [1.807, 2.05) is 29.2 Å². The first-order valence-corrected chi connectivity index (χ1v) is 9.20. The molecule has 128 valence electrons. The van der Waals surface area contributed by atoms with Crippen molar-refractivity contribution in [1.82, 2.24) is 9.88 Å². The second-order valence-electron chi connectivity index (χ2n) is 5.77. The number of carbonyl (C=O) groups is 1. The van der Waals surface area contributed by atoms with E-state index in [2.05, 4.69) is 9.88 Å². The van der Waals surface area contributed by atoms with Gasteiger partial charge in [-0.3, -0.25) is 4.79 Å². The Morgan fingerprint density at radius 1 is 1.24 bits per heavy atom. The molecule has 1 saturated heterocycles. The Morgan fingerprint density at radius 3 is 2.84 bits per heavy atom. The van der Waals surface area contributed by atoms with Crippen LogP contribution in [0.4, 0.5) is 5.13 Å². The van der Waals surface area contributed by atoms with Gasteiger partial charge in [-0.25, -0.2) is 4.98 Å². The third-order valence-corrected chi connectivity index (χ3v) is 5.45. The highest BCUT2D eigenvalue weighted by molar-refractivity contribution is 7.22. The molecule has 1 aliphatic heterocycles. The Kier molecular flexibility index (Phi) is 4.46. The molecular formula is C18H16ClN3O2S. The van der Waals surface area contributed by atoms with Gasteiger partial charge in [0.2, 0.25) is 5.91 Å². The van der Waals surface area contributed by atoms with Gasteiger partial charge in [0.25, 0.3) is 0 Å². The largest absolute Gasteiger partial charge is 0.465 e. The number of amides is 1. The summed E-state index contributed by atoms with van der Waals surface area (Å²) in [7, 11) is 0. The topological polar surface area (TPSA) is 49.6 Å². The normalized spacial score (nSPS) is 15.4. The van der Waals surface area contributed by atoms with Crippen LogP contribution in [0.1, 0.15) is 5.76 Å². The Labute approximate surface area is 154 Å². The van der Waals surface area contributed by atoms with Crippen molar-refractivity contribution in [3.8, 4) is 0 Å². The van der Waals surface area contributed by atoms with Gasteiger partial charge in [0.05, 0.1) is 16.5 Å². The molecule has 0 aliphatic carbocycles. The molecule has 1 aliphatic rings. The number of benzene rings is 1. The summed E-state index contributed by atoms with van der Waals surface area (Å²) in [6.45, 7) is 2.90. The van der Waals surface area contributed by atoms with Crippen LogP contribution in [-0.2, 0) is 4.79 Å². The number of piperazine rings is 1. The Morgan fingerprint density at radius 2 is 2.08 bits per heavy atom. The number of halogens is 1. The van der Waals surface area contributed by atoms with Gasteiger partial charge in [0, 0.05) is 37.3 Å². The number of thiazole rings is 1. The van der Waals surface area contributed by atoms with Crippen molar-refractivity contribution in [2.45, 2.75) is 0 Å². The fraction of sp³-hybridized carbons (Fsp3) is 0.222. The molecule has 5 nitrogen and oxygen atoms in total. The van der Waals surface area contributed by atoms with E-state index in [-0.39, 0.29) is 5.91 Å². The molecule has 3 aromatic rings. The molecule has 3 heterocycles. The van der Waals surface area contributed by atoms with Crippen molar-refractivity contribution < 1.29 is 9.21 Å². The first kappa shape index (κ1) is 16.2. The van der Waals surface area contributed by atoms with E-state index in [4.69, 9.17) is 16.0 Å². The maximum Gasteiger partial charge on any atom is 0.246 e.